The average Bonchev–Trinajstić information content (AvgIpc) is 2.02. The maximum atomic E-state index is 11.2. The van der Waals surface area contributed by atoms with Gasteiger partial charge < -0.3 is 4.90 Å². The number of sulfone groups is 1. The second-order valence-electron chi connectivity index (χ2n) is 3.65. The Morgan fingerprint density at radius 3 is 2.00 bits per heavy atom. The van der Waals surface area contributed by atoms with Crippen LogP contribution in [0.1, 0.15) is 5.56 Å². The van der Waals surface area contributed by atoms with Crippen molar-refractivity contribution in [3.05, 3.63) is 29.8 Å². The number of nitrogens with zero attached hydrogens (tertiary/aromatic N) is 1. The molecular weight excluding hydrogens is 198 g/mol. The zero-order valence-corrected chi connectivity index (χ0v) is 9.50. The Morgan fingerprint density at radius 2 is 1.64 bits per heavy atom. The third-order valence-corrected chi connectivity index (χ3v) is 2.98. The van der Waals surface area contributed by atoms with Crippen molar-refractivity contribution in [3.8, 4) is 0 Å². The lowest BCUT2D eigenvalue weighted by Crippen LogP contribution is -2.10. The van der Waals surface area contributed by atoms with E-state index in [9.17, 15) is 8.42 Å². The fraction of sp³-hybridized carbons (Fsp3) is 0.400. The number of benzene rings is 1. The van der Waals surface area contributed by atoms with Crippen molar-refractivity contribution in [2.24, 2.45) is 0 Å². The summed E-state index contributed by atoms with van der Waals surface area (Å²) in [6.45, 7) is 0.823. The highest BCUT2D eigenvalue weighted by molar-refractivity contribution is 7.90. The molecule has 0 spiro atoms. The lowest BCUT2D eigenvalue weighted by atomic mass is 10.2. The average molecular weight is 213 g/mol. The molecule has 0 saturated carbocycles. The molecule has 0 aliphatic rings. The standard InChI is InChI=1S/C10H15NO2S/c1-11(2)8-9-4-6-10(7-5-9)14(3,12)13/h4-7H,8H2,1-3H3. The molecule has 0 aliphatic carbocycles. The third-order valence-electron chi connectivity index (χ3n) is 1.85. The van der Waals surface area contributed by atoms with Crippen LogP contribution in [0.25, 0.3) is 0 Å². The molecule has 0 saturated heterocycles. The summed E-state index contributed by atoms with van der Waals surface area (Å²) in [5.41, 5.74) is 1.11. The van der Waals surface area contributed by atoms with Crippen LogP contribution in [0, 0.1) is 0 Å². The van der Waals surface area contributed by atoms with Crippen molar-refractivity contribution >= 4 is 9.84 Å². The normalized spacial score (nSPS) is 12.0. The maximum Gasteiger partial charge on any atom is 0.175 e. The van der Waals surface area contributed by atoms with E-state index in [-0.39, 0.29) is 0 Å². The minimum atomic E-state index is -3.06. The fourth-order valence-corrected chi connectivity index (χ4v) is 1.84. The van der Waals surface area contributed by atoms with E-state index in [0.717, 1.165) is 12.1 Å². The van der Waals surface area contributed by atoms with Crippen LogP contribution in [0.4, 0.5) is 0 Å². The highest BCUT2D eigenvalue weighted by atomic mass is 32.2. The van der Waals surface area contributed by atoms with Gasteiger partial charge in [-0.2, -0.15) is 0 Å². The summed E-state index contributed by atoms with van der Waals surface area (Å²) in [5.74, 6) is 0. The quantitative estimate of drug-likeness (QED) is 0.756. The molecule has 0 bridgehead atoms. The summed E-state index contributed by atoms with van der Waals surface area (Å²) in [6, 6.07) is 6.98. The van der Waals surface area contributed by atoms with Gasteiger partial charge in [-0.3, -0.25) is 0 Å². The Hall–Kier alpha value is -0.870. The third kappa shape index (κ3) is 3.12. The second-order valence-corrected chi connectivity index (χ2v) is 5.67. The van der Waals surface area contributed by atoms with Crippen LogP contribution < -0.4 is 0 Å². The highest BCUT2D eigenvalue weighted by Crippen LogP contribution is 2.10. The van der Waals surface area contributed by atoms with E-state index in [1.165, 1.54) is 6.26 Å². The van der Waals surface area contributed by atoms with Gasteiger partial charge in [0.1, 0.15) is 0 Å². The van der Waals surface area contributed by atoms with Crippen LogP contribution in [0.15, 0.2) is 29.2 Å². The largest absolute Gasteiger partial charge is 0.305 e. The van der Waals surface area contributed by atoms with E-state index in [4.69, 9.17) is 0 Å². The molecule has 78 valence electrons. The SMILES string of the molecule is CN(C)Cc1ccc(S(C)(=O)=O)cc1. The van der Waals surface area contributed by atoms with E-state index >= 15 is 0 Å². The first-order chi connectivity index (χ1) is 6.39. The van der Waals surface area contributed by atoms with Crippen LogP contribution in [0.2, 0.25) is 0 Å². The molecule has 0 aliphatic heterocycles. The summed E-state index contributed by atoms with van der Waals surface area (Å²) in [7, 11) is 0.892. The van der Waals surface area contributed by atoms with Gasteiger partial charge in [-0.25, -0.2) is 8.42 Å². The van der Waals surface area contributed by atoms with Gasteiger partial charge in [-0.1, -0.05) is 12.1 Å². The van der Waals surface area contributed by atoms with Crippen molar-refractivity contribution < 1.29 is 8.42 Å². The molecule has 0 unspecified atom stereocenters. The van der Waals surface area contributed by atoms with Gasteiger partial charge in [0.05, 0.1) is 4.90 Å². The van der Waals surface area contributed by atoms with Crippen LogP contribution in [0.3, 0.4) is 0 Å². The Kier molecular flexibility index (Phi) is 3.29. The number of hydrogen-bond acceptors (Lipinski definition) is 3. The van der Waals surface area contributed by atoms with Gasteiger partial charge >= 0.3 is 0 Å². The zero-order chi connectivity index (χ0) is 10.8. The smallest absolute Gasteiger partial charge is 0.175 e. The maximum absolute atomic E-state index is 11.2. The molecule has 4 heteroatoms. The molecule has 14 heavy (non-hydrogen) atoms. The van der Waals surface area contributed by atoms with E-state index in [2.05, 4.69) is 0 Å². The van der Waals surface area contributed by atoms with Crippen LogP contribution in [-0.2, 0) is 16.4 Å². The first-order valence-corrected chi connectivity index (χ1v) is 6.22. The van der Waals surface area contributed by atoms with E-state index in [0.29, 0.717) is 4.90 Å². The summed E-state index contributed by atoms with van der Waals surface area (Å²) >= 11 is 0. The lowest BCUT2D eigenvalue weighted by Gasteiger charge is -2.09. The van der Waals surface area contributed by atoms with Gasteiger partial charge in [0.15, 0.2) is 9.84 Å². The minimum Gasteiger partial charge on any atom is -0.305 e. The van der Waals surface area contributed by atoms with Gasteiger partial charge in [-0.15, -0.1) is 0 Å². The molecule has 0 N–H and O–H groups in total. The second kappa shape index (κ2) is 4.11. The molecular formula is C10H15NO2S. The predicted molar refractivity (Wildman–Crippen MR) is 56.9 cm³/mol. The van der Waals surface area contributed by atoms with E-state index in [1.54, 1.807) is 12.1 Å². The molecule has 0 atom stereocenters. The molecule has 1 rings (SSSR count). The van der Waals surface area contributed by atoms with Gasteiger partial charge in [0.25, 0.3) is 0 Å². The summed E-state index contributed by atoms with van der Waals surface area (Å²) < 4.78 is 22.3. The molecule has 0 amide bonds. The minimum absolute atomic E-state index is 0.375. The van der Waals surface area contributed by atoms with Crippen molar-refractivity contribution in [2.75, 3.05) is 20.4 Å². The summed E-state index contributed by atoms with van der Waals surface area (Å²) in [4.78, 5) is 2.41. The molecule has 1 aromatic carbocycles. The monoisotopic (exact) mass is 213 g/mol. The van der Waals surface area contributed by atoms with E-state index < -0.39 is 9.84 Å². The Labute approximate surface area is 85.3 Å². The molecule has 3 nitrogen and oxygen atoms in total. The fourth-order valence-electron chi connectivity index (χ4n) is 1.21. The topological polar surface area (TPSA) is 37.4 Å². The van der Waals surface area contributed by atoms with Gasteiger partial charge in [-0.05, 0) is 31.8 Å². The molecule has 0 radical (unpaired) electrons. The number of rotatable bonds is 3. The van der Waals surface area contributed by atoms with Gasteiger partial charge in [0.2, 0.25) is 0 Å². The van der Waals surface area contributed by atoms with Gasteiger partial charge in [0, 0.05) is 12.8 Å². The van der Waals surface area contributed by atoms with Crippen molar-refractivity contribution in [3.63, 3.8) is 0 Å². The number of hydrogen-bond donors (Lipinski definition) is 0. The lowest BCUT2D eigenvalue weighted by molar-refractivity contribution is 0.402. The Balaban J connectivity index is 2.90. The molecule has 0 fully saturated rings. The van der Waals surface area contributed by atoms with Crippen molar-refractivity contribution in [2.45, 2.75) is 11.4 Å². The van der Waals surface area contributed by atoms with Crippen LogP contribution >= 0.6 is 0 Å². The summed E-state index contributed by atoms with van der Waals surface area (Å²) in [5, 5.41) is 0. The Bertz CT molecular complexity index is 393. The Morgan fingerprint density at radius 1 is 1.14 bits per heavy atom. The summed E-state index contributed by atoms with van der Waals surface area (Å²) in [6.07, 6.45) is 1.22. The van der Waals surface area contributed by atoms with Crippen LogP contribution in [0.5, 0.6) is 0 Å². The first kappa shape index (κ1) is 11.2. The van der Waals surface area contributed by atoms with E-state index in [1.807, 2.05) is 31.1 Å². The molecule has 0 heterocycles. The van der Waals surface area contributed by atoms with Crippen LogP contribution in [-0.4, -0.2) is 33.7 Å². The molecule has 0 aromatic heterocycles. The van der Waals surface area contributed by atoms with Crippen molar-refractivity contribution in [1.82, 2.24) is 4.90 Å². The van der Waals surface area contributed by atoms with Crippen molar-refractivity contribution in [1.29, 1.82) is 0 Å². The highest BCUT2D eigenvalue weighted by Gasteiger charge is 2.05. The molecule has 1 aromatic rings. The first-order valence-electron chi connectivity index (χ1n) is 4.33. The zero-order valence-electron chi connectivity index (χ0n) is 8.69. The predicted octanol–water partition coefficient (Wildman–Crippen LogP) is 1.15.